The Hall–Kier alpha value is -0.410. The normalized spacial score (nSPS) is 11.1. The molecule has 0 aliphatic carbocycles. The van der Waals surface area contributed by atoms with Crippen molar-refractivity contribution in [1.29, 1.82) is 0 Å². The van der Waals surface area contributed by atoms with E-state index in [0.717, 1.165) is 31.1 Å². The highest BCUT2D eigenvalue weighted by atomic mass is 32.1. The van der Waals surface area contributed by atoms with Crippen LogP contribution in [0.15, 0.2) is 22.8 Å². The predicted molar refractivity (Wildman–Crippen MR) is 62.7 cm³/mol. The smallest absolute Gasteiger partial charge is 0.117 e. The van der Waals surface area contributed by atoms with Gasteiger partial charge < -0.3 is 4.42 Å². The lowest BCUT2D eigenvalue weighted by atomic mass is 10.3. The summed E-state index contributed by atoms with van der Waals surface area (Å²) in [7, 11) is 0. The van der Waals surface area contributed by atoms with Gasteiger partial charge in [-0.05, 0) is 43.8 Å². The van der Waals surface area contributed by atoms with E-state index in [-0.39, 0.29) is 0 Å². The molecule has 0 saturated carbocycles. The van der Waals surface area contributed by atoms with Crippen LogP contribution in [0.25, 0.3) is 0 Å². The first kappa shape index (κ1) is 11.7. The Morgan fingerprint density at radius 1 is 1.43 bits per heavy atom. The number of furan rings is 1. The van der Waals surface area contributed by atoms with Crippen LogP contribution in [0.1, 0.15) is 25.5 Å². The summed E-state index contributed by atoms with van der Waals surface area (Å²) in [6, 6.07) is 3.97. The van der Waals surface area contributed by atoms with Crippen molar-refractivity contribution >= 4 is 12.6 Å². The van der Waals surface area contributed by atoms with Crippen LogP contribution in [-0.2, 0) is 6.54 Å². The summed E-state index contributed by atoms with van der Waals surface area (Å²) < 4.78 is 5.32. The molecule has 0 atom stereocenters. The summed E-state index contributed by atoms with van der Waals surface area (Å²) in [5.41, 5.74) is 0. The summed E-state index contributed by atoms with van der Waals surface area (Å²) in [5, 5.41) is 0. The number of unbranched alkanes of at least 4 members (excludes halogenated alkanes) is 1. The molecule has 2 nitrogen and oxygen atoms in total. The molecule has 1 aromatic heterocycles. The van der Waals surface area contributed by atoms with E-state index in [9.17, 15) is 0 Å². The maximum Gasteiger partial charge on any atom is 0.117 e. The Morgan fingerprint density at radius 3 is 2.86 bits per heavy atom. The third-order valence-corrected chi connectivity index (χ3v) is 2.61. The fourth-order valence-electron chi connectivity index (χ4n) is 1.42. The van der Waals surface area contributed by atoms with Crippen LogP contribution < -0.4 is 0 Å². The van der Waals surface area contributed by atoms with Gasteiger partial charge in [0.25, 0.3) is 0 Å². The van der Waals surface area contributed by atoms with E-state index in [1.165, 1.54) is 12.8 Å². The molecule has 0 fully saturated rings. The van der Waals surface area contributed by atoms with Gasteiger partial charge in [-0.1, -0.05) is 6.92 Å². The molecule has 0 spiro atoms. The van der Waals surface area contributed by atoms with E-state index >= 15 is 0 Å². The van der Waals surface area contributed by atoms with Crippen molar-refractivity contribution < 1.29 is 4.42 Å². The SMILES string of the molecule is CCN(CCCCS)Cc1ccco1. The zero-order chi connectivity index (χ0) is 10.2. The van der Waals surface area contributed by atoms with Gasteiger partial charge in [0.05, 0.1) is 12.8 Å². The molecule has 0 bridgehead atoms. The third kappa shape index (κ3) is 4.20. The summed E-state index contributed by atoms with van der Waals surface area (Å²) in [5.74, 6) is 2.04. The molecular weight excluding hydrogens is 194 g/mol. The lowest BCUT2D eigenvalue weighted by Crippen LogP contribution is -2.23. The quantitative estimate of drug-likeness (QED) is 0.554. The first-order valence-electron chi connectivity index (χ1n) is 5.22. The van der Waals surface area contributed by atoms with Crippen LogP contribution in [0.3, 0.4) is 0 Å². The van der Waals surface area contributed by atoms with Gasteiger partial charge in [0.1, 0.15) is 5.76 Å². The van der Waals surface area contributed by atoms with Crippen molar-refractivity contribution in [2.24, 2.45) is 0 Å². The maximum atomic E-state index is 5.32. The Balaban J connectivity index is 2.24. The van der Waals surface area contributed by atoms with E-state index in [0.29, 0.717) is 0 Å². The highest BCUT2D eigenvalue weighted by Crippen LogP contribution is 2.06. The summed E-state index contributed by atoms with van der Waals surface area (Å²) in [4.78, 5) is 2.39. The summed E-state index contributed by atoms with van der Waals surface area (Å²) in [6.45, 7) is 5.32. The molecule has 1 rings (SSSR count). The zero-order valence-electron chi connectivity index (χ0n) is 8.78. The summed E-state index contributed by atoms with van der Waals surface area (Å²) >= 11 is 4.20. The monoisotopic (exact) mass is 213 g/mol. The van der Waals surface area contributed by atoms with Crippen molar-refractivity contribution in [1.82, 2.24) is 4.90 Å². The molecule has 14 heavy (non-hydrogen) atoms. The lowest BCUT2D eigenvalue weighted by molar-refractivity contribution is 0.252. The number of rotatable bonds is 7. The number of hydrogen-bond acceptors (Lipinski definition) is 3. The highest BCUT2D eigenvalue weighted by Gasteiger charge is 2.04. The molecule has 0 aromatic carbocycles. The molecule has 0 aliphatic heterocycles. The standard InChI is InChI=1S/C11H19NOS/c1-2-12(7-3-4-9-14)10-11-6-5-8-13-11/h5-6,8,14H,2-4,7,9-10H2,1H3. The van der Waals surface area contributed by atoms with Crippen molar-refractivity contribution in [3.63, 3.8) is 0 Å². The van der Waals surface area contributed by atoms with E-state index in [1.54, 1.807) is 6.26 Å². The topological polar surface area (TPSA) is 16.4 Å². The van der Waals surface area contributed by atoms with Gasteiger partial charge in [-0.25, -0.2) is 0 Å². The Bertz CT molecular complexity index is 223. The van der Waals surface area contributed by atoms with Gasteiger partial charge in [-0.15, -0.1) is 0 Å². The van der Waals surface area contributed by atoms with E-state index in [4.69, 9.17) is 4.42 Å². The number of hydrogen-bond donors (Lipinski definition) is 1. The van der Waals surface area contributed by atoms with Crippen LogP contribution in [0.4, 0.5) is 0 Å². The van der Waals surface area contributed by atoms with Crippen molar-refractivity contribution in [3.8, 4) is 0 Å². The fraction of sp³-hybridized carbons (Fsp3) is 0.636. The van der Waals surface area contributed by atoms with E-state index in [2.05, 4.69) is 24.5 Å². The Labute approximate surface area is 91.7 Å². The average Bonchev–Trinajstić information content (AvgIpc) is 2.69. The van der Waals surface area contributed by atoms with E-state index < -0.39 is 0 Å². The predicted octanol–water partition coefficient (Wildman–Crippen LogP) is 2.81. The minimum absolute atomic E-state index is 0.927. The molecule has 80 valence electrons. The summed E-state index contributed by atoms with van der Waals surface area (Å²) in [6.07, 6.45) is 4.15. The second-order valence-corrected chi connectivity index (χ2v) is 3.83. The molecule has 1 aromatic rings. The van der Waals surface area contributed by atoms with Crippen LogP contribution in [0.5, 0.6) is 0 Å². The molecule has 0 radical (unpaired) electrons. The van der Waals surface area contributed by atoms with Gasteiger partial charge in [0, 0.05) is 0 Å². The molecule has 0 amide bonds. The van der Waals surface area contributed by atoms with Crippen LogP contribution >= 0.6 is 12.6 Å². The largest absolute Gasteiger partial charge is 0.468 e. The van der Waals surface area contributed by atoms with Gasteiger partial charge in [0.2, 0.25) is 0 Å². The molecule has 0 saturated heterocycles. The Kier molecular flexibility index (Phi) is 5.80. The molecule has 0 aliphatic rings. The van der Waals surface area contributed by atoms with Crippen LogP contribution in [0.2, 0.25) is 0 Å². The maximum absolute atomic E-state index is 5.32. The second-order valence-electron chi connectivity index (χ2n) is 3.38. The van der Waals surface area contributed by atoms with Crippen LogP contribution in [0, 0.1) is 0 Å². The van der Waals surface area contributed by atoms with Crippen molar-refractivity contribution in [2.75, 3.05) is 18.8 Å². The van der Waals surface area contributed by atoms with Crippen molar-refractivity contribution in [3.05, 3.63) is 24.2 Å². The molecule has 1 heterocycles. The van der Waals surface area contributed by atoms with Gasteiger partial charge in [-0.3, -0.25) is 4.90 Å². The minimum Gasteiger partial charge on any atom is -0.468 e. The number of thiol groups is 1. The Morgan fingerprint density at radius 2 is 2.29 bits per heavy atom. The van der Waals surface area contributed by atoms with Gasteiger partial charge in [0.15, 0.2) is 0 Å². The third-order valence-electron chi connectivity index (χ3n) is 2.29. The molecular formula is C11H19NOS. The molecule has 3 heteroatoms. The fourth-order valence-corrected chi connectivity index (χ4v) is 1.64. The lowest BCUT2D eigenvalue weighted by Gasteiger charge is -2.18. The van der Waals surface area contributed by atoms with Crippen molar-refractivity contribution in [2.45, 2.75) is 26.3 Å². The minimum atomic E-state index is 0.927. The van der Waals surface area contributed by atoms with E-state index in [1.807, 2.05) is 12.1 Å². The first-order valence-corrected chi connectivity index (χ1v) is 5.85. The molecule has 0 unspecified atom stereocenters. The van der Waals surface area contributed by atoms with Gasteiger partial charge in [-0.2, -0.15) is 12.6 Å². The number of nitrogens with zero attached hydrogens (tertiary/aromatic N) is 1. The average molecular weight is 213 g/mol. The van der Waals surface area contributed by atoms with Gasteiger partial charge >= 0.3 is 0 Å². The highest BCUT2D eigenvalue weighted by molar-refractivity contribution is 7.80. The first-order chi connectivity index (χ1) is 6.86. The second kappa shape index (κ2) is 6.96. The van der Waals surface area contributed by atoms with Crippen LogP contribution in [-0.4, -0.2) is 23.7 Å². The molecule has 0 N–H and O–H groups in total. The zero-order valence-corrected chi connectivity index (χ0v) is 9.67.